The fourth-order valence-corrected chi connectivity index (χ4v) is 3.89. The van der Waals surface area contributed by atoms with Crippen molar-refractivity contribution in [1.29, 1.82) is 0 Å². The van der Waals surface area contributed by atoms with Gasteiger partial charge in [-0.15, -0.1) is 0 Å². The standard InChI is InChI=1S/C12H12ClFN2O4S/c1-12(2)11(18)15-10(17)6-16(12)21(19,20)7-3-4-9(14)8(13)5-7/h3-5H,6H2,1-2H3,(H,15,17,18). The fourth-order valence-electron chi connectivity index (χ4n) is 1.91. The Morgan fingerprint density at radius 3 is 2.52 bits per heavy atom. The zero-order valence-corrected chi connectivity index (χ0v) is 12.8. The van der Waals surface area contributed by atoms with E-state index < -0.39 is 39.7 Å². The lowest BCUT2D eigenvalue weighted by Gasteiger charge is -2.38. The van der Waals surface area contributed by atoms with Gasteiger partial charge in [0.15, 0.2) is 0 Å². The first-order valence-electron chi connectivity index (χ1n) is 5.89. The monoisotopic (exact) mass is 334 g/mol. The molecule has 0 radical (unpaired) electrons. The number of nitrogens with zero attached hydrogens (tertiary/aromatic N) is 1. The molecule has 1 aromatic carbocycles. The van der Waals surface area contributed by atoms with Crippen molar-refractivity contribution in [2.75, 3.05) is 6.54 Å². The largest absolute Gasteiger partial charge is 0.294 e. The van der Waals surface area contributed by atoms with Crippen LogP contribution >= 0.6 is 11.6 Å². The van der Waals surface area contributed by atoms with Crippen LogP contribution in [-0.2, 0) is 19.6 Å². The van der Waals surface area contributed by atoms with Gasteiger partial charge in [0.25, 0.3) is 0 Å². The van der Waals surface area contributed by atoms with Crippen LogP contribution in [0.15, 0.2) is 23.1 Å². The van der Waals surface area contributed by atoms with Crippen LogP contribution in [0.25, 0.3) is 0 Å². The van der Waals surface area contributed by atoms with Gasteiger partial charge in [-0.25, -0.2) is 12.8 Å². The molecule has 1 fully saturated rings. The minimum atomic E-state index is -4.17. The van der Waals surface area contributed by atoms with Crippen LogP contribution < -0.4 is 5.32 Å². The first-order valence-corrected chi connectivity index (χ1v) is 7.71. The van der Waals surface area contributed by atoms with Crippen LogP contribution in [-0.4, -0.2) is 36.6 Å². The highest BCUT2D eigenvalue weighted by Crippen LogP contribution is 2.28. The van der Waals surface area contributed by atoms with E-state index in [1.54, 1.807) is 0 Å². The van der Waals surface area contributed by atoms with E-state index in [9.17, 15) is 22.4 Å². The van der Waals surface area contributed by atoms with E-state index in [-0.39, 0.29) is 9.92 Å². The zero-order chi connectivity index (χ0) is 16.0. The summed E-state index contributed by atoms with van der Waals surface area (Å²) < 4.78 is 39.1. The Kier molecular flexibility index (Phi) is 3.81. The molecule has 1 aromatic rings. The molecule has 21 heavy (non-hydrogen) atoms. The van der Waals surface area contributed by atoms with Crippen molar-refractivity contribution in [3.8, 4) is 0 Å². The minimum absolute atomic E-state index is 0.288. The van der Waals surface area contributed by atoms with Gasteiger partial charge in [-0.1, -0.05) is 11.6 Å². The predicted octanol–water partition coefficient (Wildman–Crippen LogP) is 0.905. The van der Waals surface area contributed by atoms with Gasteiger partial charge in [0, 0.05) is 0 Å². The van der Waals surface area contributed by atoms with Crippen molar-refractivity contribution < 1.29 is 22.4 Å². The van der Waals surface area contributed by atoms with E-state index in [1.165, 1.54) is 13.8 Å². The topological polar surface area (TPSA) is 83.6 Å². The molecule has 1 heterocycles. The lowest BCUT2D eigenvalue weighted by atomic mass is 10.0. The summed E-state index contributed by atoms with van der Waals surface area (Å²) in [5, 5.41) is 1.71. The average Bonchev–Trinajstić information content (AvgIpc) is 2.37. The maximum Gasteiger partial charge on any atom is 0.247 e. The molecule has 0 aromatic heterocycles. The molecule has 0 unspecified atom stereocenters. The number of benzene rings is 1. The maximum absolute atomic E-state index is 13.1. The van der Waals surface area contributed by atoms with Gasteiger partial charge in [-0.3, -0.25) is 14.9 Å². The number of imide groups is 1. The lowest BCUT2D eigenvalue weighted by Crippen LogP contribution is -2.65. The van der Waals surface area contributed by atoms with Crippen LogP contribution in [0.2, 0.25) is 5.02 Å². The van der Waals surface area contributed by atoms with Crippen molar-refractivity contribution in [2.24, 2.45) is 0 Å². The number of rotatable bonds is 2. The first-order chi connectivity index (χ1) is 9.56. The molecule has 6 nitrogen and oxygen atoms in total. The van der Waals surface area contributed by atoms with Gasteiger partial charge in [-0.2, -0.15) is 4.31 Å². The maximum atomic E-state index is 13.1. The van der Waals surface area contributed by atoms with Crippen LogP contribution in [0.5, 0.6) is 0 Å². The normalized spacial score (nSPS) is 19.4. The van der Waals surface area contributed by atoms with Crippen molar-refractivity contribution in [3.05, 3.63) is 29.0 Å². The van der Waals surface area contributed by atoms with Gasteiger partial charge < -0.3 is 0 Å². The first kappa shape index (κ1) is 15.9. The molecule has 0 bridgehead atoms. The van der Waals surface area contributed by atoms with Gasteiger partial charge >= 0.3 is 0 Å². The zero-order valence-electron chi connectivity index (χ0n) is 11.2. The molecule has 2 amide bonds. The highest BCUT2D eigenvalue weighted by atomic mass is 35.5. The number of nitrogens with one attached hydrogen (secondary N) is 1. The molecule has 1 aliphatic rings. The quantitative estimate of drug-likeness (QED) is 0.815. The highest BCUT2D eigenvalue weighted by molar-refractivity contribution is 7.89. The molecule has 0 spiro atoms. The number of amides is 2. The molecule has 2 rings (SSSR count). The molecule has 0 atom stereocenters. The Morgan fingerprint density at radius 2 is 1.95 bits per heavy atom. The summed E-state index contributed by atoms with van der Waals surface area (Å²) >= 11 is 5.58. The SMILES string of the molecule is CC1(C)C(=O)NC(=O)CN1S(=O)(=O)c1ccc(F)c(Cl)c1. The lowest BCUT2D eigenvalue weighted by molar-refractivity contribution is -0.141. The van der Waals surface area contributed by atoms with Crippen molar-refractivity contribution in [2.45, 2.75) is 24.3 Å². The number of carbonyl (C=O) groups is 2. The molecule has 114 valence electrons. The Hall–Kier alpha value is -1.51. The third-order valence-corrected chi connectivity index (χ3v) is 5.50. The van der Waals surface area contributed by atoms with Gasteiger partial charge in [0.2, 0.25) is 21.8 Å². The van der Waals surface area contributed by atoms with Crippen LogP contribution in [0.4, 0.5) is 4.39 Å². The van der Waals surface area contributed by atoms with E-state index in [4.69, 9.17) is 11.6 Å². The second-order valence-corrected chi connectivity index (χ2v) is 7.29. The molecule has 9 heteroatoms. The summed E-state index contributed by atoms with van der Waals surface area (Å²) in [5.41, 5.74) is -1.45. The summed E-state index contributed by atoms with van der Waals surface area (Å²) in [6.45, 7) is 2.24. The Bertz CT molecular complexity index is 733. The molecule has 1 aliphatic heterocycles. The Labute approximate surface area is 125 Å². The Morgan fingerprint density at radius 1 is 1.33 bits per heavy atom. The number of sulfonamides is 1. The van der Waals surface area contributed by atoms with E-state index in [0.717, 1.165) is 22.5 Å². The molecular weight excluding hydrogens is 323 g/mol. The van der Waals surface area contributed by atoms with E-state index in [0.29, 0.717) is 0 Å². The molecular formula is C12H12ClFN2O4S. The van der Waals surface area contributed by atoms with Gasteiger partial charge in [0.05, 0.1) is 16.5 Å². The van der Waals surface area contributed by atoms with Crippen LogP contribution in [0.1, 0.15) is 13.8 Å². The summed E-state index contributed by atoms with van der Waals surface area (Å²) in [7, 11) is -4.17. The molecule has 0 aliphatic carbocycles. The average molecular weight is 335 g/mol. The summed E-state index contributed by atoms with van der Waals surface area (Å²) in [5.74, 6) is -2.21. The van der Waals surface area contributed by atoms with Crippen molar-refractivity contribution in [1.82, 2.24) is 9.62 Å². The van der Waals surface area contributed by atoms with Crippen LogP contribution in [0, 0.1) is 5.82 Å². The fraction of sp³-hybridized carbons (Fsp3) is 0.333. The van der Waals surface area contributed by atoms with Crippen LogP contribution in [0.3, 0.4) is 0 Å². The molecule has 1 saturated heterocycles. The third-order valence-electron chi connectivity index (χ3n) is 3.20. The molecule has 1 N–H and O–H groups in total. The summed E-state index contributed by atoms with van der Waals surface area (Å²) in [6.07, 6.45) is 0. The molecule has 0 saturated carbocycles. The Balaban J connectivity index is 2.53. The van der Waals surface area contributed by atoms with E-state index in [1.807, 2.05) is 0 Å². The number of hydrogen-bond acceptors (Lipinski definition) is 4. The predicted molar refractivity (Wildman–Crippen MR) is 72.5 cm³/mol. The van der Waals surface area contributed by atoms with Gasteiger partial charge in [0.1, 0.15) is 11.4 Å². The highest BCUT2D eigenvalue weighted by Gasteiger charge is 2.47. The smallest absolute Gasteiger partial charge is 0.247 e. The number of piperazine rings is 1. The van der Waals surface area contributed by atoms with E-state index >= 15 is 0 Å². The third kappa shape index (κ3) is 2.66. The second-order valence-electron chi connectivity index (χ2n) is 5.02. The summed E-state index contributed by atoms with van der Waals surface area (Å²) in [4.78, 5) is 23.0. The van der Waals surface area contributed by atoms with Crippen molar-refractivity contribution in [3.63, 3.8) is 0 Å². The van der Waals surface area contributed by atoms with Crippen molar-refractivity contribution >= 4 is 33.4 Å². The minimum Gasteiger partial charge on any atom is -0.294 e. The number of carbonyl (C=O) groups excluding carboxylic acids is 2. The number of halogens is 2. The number of hydrogen-bond donors (Lipinski definition) is 1. The second kappa shape index (κ2) is 5.04. The van der Waals surface area contributed by atoms with Gasteiger partial charge in [-0.05, 0) is 32.0 Å². The van der Waals surface area contributed by atoms with E-state index in [2.05, 4.69) is 5.32 Å². The summed E-state index contributed by atoms with van der Waals surface area (Å²) in [6, 6.07) is 2.89.